The number of benzene rings is 2. The van der Waals surface area contributed by atoms with E-state index in [0.29, 0.717) is 15.7 Å². The monoisotopic (exact) mass is 305 g/mol. The molecule has 0 saturated carbocycles. The molecule has 2 nitrogen and oxygen atoms in total. The maximum absolute atomic E-state index is 11.8. The van der Waals surface area contributed by atoms with Crippen LogP contribution in [0.25, 0.3) is 6.08 Å². The van der Waals surface area contributed by atoms with Gasteiger partial charge in [-0.05, 0) is 48.4 Å². The van der Waals surface area contributed by atoms with E-state index in [2.05, 4.69) is 5.32 Å². The zero-order valence-corrected chi connectivity index (χ0v) is 12.4. The smallest absolute Gasteiger partial charge is 0.248 e. The van der Waals surface area contributed by atoms with Crippen LogP contribution in [0.2, 0.25) is 10.0 Å². The van der Waals surface area contributed by atoms with Gasteiger partial charge in [-0.1, -0.05) is 41.4 Å². The van der Waals surface area contributed by atoms with Crippen molar-refractivity contribution in [2.45, 2.75) is 6.92 Å². The lowest BCUT2D eigenvalue weighted by atomic mass is 10.2. The number of hydrogen-bond donors (Lipinski definition) is 1. The first-order valence-corrected chi connectivity index (χ1v) is 6.81. The fourth-order valence-electron chi connectivity index (χ4n) is 1.60. The number of nitrogens with one attached hydrogen (secondary N) is 1. The van der Waals surface area contributed by atoms with Crippen molar-refractivity contribution in [1.82, 2.24) is 0 Å². The van der Waals surface area contributed by atoms with Crippen molar-refractivity contribution in [3.8, 4) is 0 Å². The molecule has 0 unspecified atom stereocenters. The van der Waals surface area contributed by atoms with Gasteiger partial charge in [0.25, 0.3) is 0 Å². The molecule has 0 radical (unpaired) electrons. The van der Waals surface area contributed by atoms with Crippen LogP contribution in [0.3, 0.4) is 0 Å². The van der Waals surface area contributed by atoms with Crippen LogP contribution >= 0.6 is 23.2 Å². The molecule has 0 bridgehead atoms. The topological polar surface area (TPSA) is 29.1 Å². The van der Waals surface area contributed by atoms with Crippen LogP contribution in [-0.2, 0) is 4.79 Å². The van der Waals surface area contributed by atoms with Crippen molar-refractivity contribution in [2.75, 3.05) is 5.32 Å². The highest BCUT2D eigenvalue weighted by Gasteiger charge is 2.00. The Morgan fingerprint density at radius 2 is 1.80 bits per heavy atom. The summed E-state index contributed by atoms with van der Waals surface area (Å²) in [5, 5.41) is 4.05. The maximum Gasteiger partial charge on any atom is 0.248 e. The first-order valence-electron chi connectivity index (χ1n) is 6.05. The molecule has 1 N–H and O–H groups in total. The molecule has 1 amide bonds. The summed E-state index contributed by atoms with van der Waals surface area (Å²) < 4.78 is 0. The van der Waals surface area contributed by atoms with Crippen molar-refractivity contribution < 1.29 is 4.79 Å². The normalized spacial score (nSPS) is 10.8. The molecule has 0 fully saturated rings. The van der Waals surface area contributed by atoms with E-state index in [1.165, 1.54) is 6.08 Å². The lowest BCUT2D eigenvalue weighted by molar-refractivity contribution is -0.111. The molecule has 0 atom stereocenters. The summed E-state index contributed by atoms with van der Waals surface area (Å²) in [6, 6.07) is 12.6. The van der Waals surface area contributed by atoms with Crippen LogP contribution in [0.5, 0.6) is 0 Å². The molecule has 2 rings (SSSR count). The van der Waals surface area contributed by atoms with Crippen LogP contribution in [0.4, 0.5) is 5.69 Å². The van der Waals surface area contributed by atoms with Crippen molar-refractivity contribution in [3.05, 3.63) is 69.7 Å². The largest absolute Gasteiger partial charge is 0.322 e. The highest BCUT2D eigenvalue weighted by atomic mass is 35.5. The fourth-order valence-corrected chi connectivity index (χ4v) is 1.91. The average molecular weight is 306 g/mol. The van der Waals surface area contributed by atoms with Gasteiger partial charge in [0.1, 0.15) is 0 Å². The maximum atomic E-state index is 11.8. The van der Waals surface area contributed by atoms with Crippen LogP contribution in [0.15, 0.2) is 48.5 Å². The van der Waals surface area contributed by atoms with Crippen molar-refractivity contribution >= 4 is 40.9 Å². The second-order valence-electron chi connectivity index (χ2n) is 4.34. The standard InChI is InChI=1S/C16H13Cl2NO/c1-11-2-8-14(10-15(11)18)19-16(20)9-5-12-3-6-13(17)7-4-12/h2-10H,1H3,(H,19,20). The minimum Gasteiger partial charge on any atom is -0.322 e. The van der Waals surface area contributed by atoms with E-state index in [1.54, 1.807) is 24.3 Å². The van der Waals surface area contributed by atoms with E-state index in [4.69, 9.17) is 23.2 Å². The van der Waals surface area contributed by atoms with E-state index >= 15 is 0 Å². The van der Waals surface area contributed by atoms with Gasteiger partial charge in [0.05, 0.1) is 0 Å². The van der Waals surface area contributed by atoms with E-state index < -0.39 is 0 Å². The SMILES string of the molecule is Cc1ccc(NC(=O)C=Cc2ccc(Cl)cc2)cc1Cl. The van der Waals surface area contributed by atoms with Gasteiger partial charge in [0.15, 0.2) is 0 Å². The molecular weight excluding hydrogens is 293 g/mol. The molecule has 0 saturated heterocycles. The Kier molecular flexibility index (Phi) is 4.83. The summed E-state index contributed by atoms with van der Waals surface area (Å²) in [5.41, 5.74) is 2.55. The number of carbonyl (C=O) groups is 1. The third kappa shape index (κ3) is 4.12. The fraction of sp³-hybridized carbons (Fsp3) is 0.0625. The molecule has 20 heavy (non-hydrogen) atoms. The molecular formula is C16H13Cl2NO. The van der Waals surface area contributed by atoms with Crippen molar-refractivity contribution in [1.29, 1.82) is 0 Å². The molecule has 0 heterocycles. The second kappa shape index (κ2) is 6.60. The third-order valence-corrected chi connectivity index (χ3v) is 3.40. The van der Waals surface area contributed by atoms with Crippen LogP contribution in [0.1, 0.15) is 11.1 Å². The molecule has 0 spiro atoms. The van der Waals surface area contributed by atoms with Gasteiger partial charge in [-0.25, -0.2) is 0 Å². The number of hydrogen-bond acceptors (Lipinski definition) is 1. The Hall–Kier alpha value is -1.77. The van der Waals surface area contributed by atoms with Gasteiger partial charge in [0, 0.05) is 21.8 Å². The first-order chi connectivity index (χ1) is 9.54. The number of rotatable bonds is 3. The highest BCUT2D eigenvalue weighted by molar-refractivity contribution is 6.31. The summed E-state index contributed by atoms with van der Waals surface area (Å²) in [7, 11) is 0. The van der Waals surface area contributed by atoms with Gasteiger partial charge < -0.3 is 5.32 Å². The summed E-state index contributed by atoms with van der Waals surface area (Å²) in [5.74, 6) is -0.208. The van der Waals surface area contributed by atoms with Gasteiger partial charge >= 0.3 is 0 Å². The molecule has 0 aromatic heterocycles. The van der Waals surface area contributed by atoms with E-state index in [1.807, 2.05) is 31.2 Å². The van der Waals surface area contributed by atoms with E-state index in [9.17, 15) is 4.79 Å². The number of halogens is 2. The Balaban J connectivity index is 2.01. The minimum atomic E-state index is -0.208. The molecule has 2 aromatic rings. The Morgan fingerprint density at radius 3 is 2.45 bits per heavy atom. The van der Waals surface area contributed by atoms with Crippen molar-refractivity contribution in [3.63, 3.8) is 0 Å². The predicted molar refractivity (Wildman–Crippen MR) is 85.3 cm³/mol. The second-order valence-corrected chi connectivity index (χ2v) is 5.18. The lowest BCUT2D eigenvalue weighted by Gasteiger charge is -2.04. The van der Waals surface area contributed by atoms with E-state index in [-0.39, 0.29) is 5.91 Å². The van der Waals surface area contributed by atoms with Crippen LogP contribution < -0.4 is 5.32 Å². The zero-order valence-electron chi connectivity index (χ0n) is 10.9. The van der Waals surface area contributed by atoms with Crippen LogP contribution in [0, 0.1) is 6.92 Å². The third-order valence-electron chi connectivity index (χ3n) is 2.74. The Morgan fingerprint density at radius 1 is 1.10 bits per heavy atom. The number of aryl methyl sites for hydroxylation is 1. The van der Waals surface area contributed by atoms with Crippen molar-refractivity contribution in [2.24, 2.45) is 0 Å². The number of anilines is 1. The molecule has 2 aromatic carbocycles. The minimum absolute atomic E-state index is 0.208. The summed E-state index contributed by atoms with van der Waals surface area (Å²) in [6.07, 6.45) is 3.19. The molecule has 0 aliphatic carbocycles. The van der Waals surface area contributed by atoms with Gasteiger partial charge in [-0.2, -0.15) is 0 Å². The molecule has 4 heteroatoms. The lowest BCUT2D eigenvalue weighted by Crippen LogP contribution is -2.07. The van der Waals surface area contributed by atoms with Gasteiger partial charge in [-0.3, -0.25) is 4.79 Å². The Bertz CT molecular complexity index is 648. The summed E-state index contributed by atoms with van der Waals surface area (Å²) in [4.78, 5) is 11.8. The highest BCUT2D eigenvalue weighted by Crippen LogP contribution is 2.20. The van der Waals surface area contributed by atoms with Crippen LogP contribution in [-0.4, -0.2) is 5.91 Å². The number of amides is 1. The summed E-state index contributed by atoms with van der Waals surface area (Å²) in [6.45, 7) is 1.91. The number of carbonyl (C=O) groups excluding carboxylic acids is 1. The summed E-state index contributed by atoms with van der Waals surface area (Å²) >= 11 is 11.8. The van der Waals surface area contributed by atoms with Gasteiger partial charge in [0.2, 0.25) is 5.91 Å². The predicted octanol–water partition coefficient (Wildman–Crippen LogP) is 4.95. The van der Waals surface area contributed by atoms with Gasteiger partial charge in [-0.15, -0.1) is 0 Å². The quantitative estimate of drug-likeness (QED) is 0.798. The van der Waals surface area contributed by atoms with E-state index in [0.717, 1.165) is 11.1 Å². The molecule has 102 valence electrons. The average Bonchev–Trinajstić information content (AvgIpc) is 2.42. The zero-order chi connectivity index (χ0) is 14.5. The Labute approximate surface area is 128 Å². The first kappa shape index (κ1) is 14.6. The molecule has 0 aliphatic heterocycles. The molecule has 0 aliphatic rings.